The van der Waals surface area contributed by atoms with Gasteiger partial charge in [-0.2, -0.15) is 0 Å². The van der Waals surface area contributed by atoms with Gasteiger partial charge < -0.3 is 10.3 Å². The first-order chi connectivity index (χ1) is 4.79. The third-order valence-corrected chi connectivity index (χ3v) is 1.18. The minimum absolute atomic E-state index is 0. The van der Waals surface area contributed by atoms with Gasteiger partial charge in [-0.05, 0) is 0 Å². The van der Waals surface area contributed by atoms with Crippen LogP contribution in [-0.4, -0.2) is 15.5 Å². The molecule has 0 aliphatic rings. The Morgan fingerprint density at radius 2 is 2.17 bits per heavy atom. The van der Waals surface area contributed by atoms with Crippen LogP contribution in [0.3, 0.4) is 0 Å². The molecule has 0 saturated heterocycles. The summed E-state index contributed by atoms with van der Waals surface area (Å²) in [6.45, 7) is 0.620. The predicted octanol–water partition coefficient (Wildman–Crippen LogP) is 0.602. The number of halogens is 2. The predicted molar refractivity (Wildman–Crippen MR) is 50.5 cm³/mol. The molecule has 12 heavy (non-hydrogen) atoms. The van der Waals surface area contributed by atoms with Crippen molar-refractivity contribution < 1.29 is 4.79 Å². The zero-order chi connectivity index (χ0) is 7.40. The fraction of sp³-hybridized carbons (Fsp3) is 0.333. The maximum atomic E-state index is 10.3. The summed E-state index contributed by atoms with van der Waals surface area (Å²) in [6, 6.07) is 0. The lowest BCUT2D eigenvalue weighted by molar-refractivity contribution is -0.118. The van der Waals surface area contributed by atoms with Crippen molar-refractivity contribution in [3.63, 3.8) is 0 Å². The van der Waals surface area contributed by atoms with E-state index < -0.39 is 0 Å². The van der Waals surface area contributed by atoms with E-state index in [-0.39, 0.29) is 30.7 Å². The van der Waals surface area contributed by atoms with Crippen molar-refractivity contribution in [2.75, 3.05) is 0 Å². The van der Waals surface area contributed by atoms with Gasteiger partial charge >= 0.3 is 0 Å². The van der Waals surface area contributed by atoms with E-state index in [0.29, 0.717) is 13.0 Å². The SMILES string of the molecule is Cl.Cl.NC(=O)CCn1ccnc1. The van der Waals surface area contributed by atoms with E-state index in [1.54, 1.807) is 18.7 Å². The van der Waals surface area contributed by atoms with Gasteiger partial charge in [-0.25, -0.2) is 4.98 Å². The average molecular weight is 212 g/mol. The third-order valence-electron chi connectivity index (χ3n) is 1.18. The van der Waals surface area contributed by atoms with Crippen LogP contribution in [0.25, 0.3) is 0 Å². The molecule has 70 valence electrons. The van der Waals surface area contributed by atoms with Crippen molar-refractivity contribution >= 4 is 30.7 Å². The maximum absolute atomic E-state index is 10.3. The van der Waals surface area contributed by atoms with Crippen molar-refractivity contribution in [2.24, 2.45) is 5.73 Å². The van der Waals surface area contributed by atoms with Gasteiger partial charge in [0.25, 0.3) is 0 Å². The quantitative estimate of drug-likeness (QED) is 0.797. The van der Waals surface area contributed by atoms with Crippen molar-refractivity contribution in [3.05, 3.63) is 18.7 Å². The number of hydrogen-bond donors (Lipinski definition) is 1. The number of hydrogen-bond acceptors (Lipinski definition) is 2. The summed E-state index contributed by atoms with van der Waals surface area (Å²) in [4.78, 5) is 14.1. The summed E-state index contributed by atoms with van der Waals surface area (Å²) in [6.07, 6.45) is 5.49. The van der Waals surface area contributed by atoms with Crippen molar-refractivity contribution in [1.82, 2.24) is 9.55 Å². The Bertz CT molecular complexity index is 213. The number of nitrogens with two attached hydrogens (primary N) is 1. The summed E-state index contributed by atoms with van der Waals surface area (Å²) in [5.74, 6) is -0.284. The smallest absolute Gasteiger partial charge is 0.219 e. The van der Waals surface area contributed by atoms with Gasteiger partial charge in [-0.3, -0.25) is 4.79 Å². The largest absolute Gasteiger partial charge is 0.370 e. The van der Waals surface area contributed by atoms with E-state index >= 15 is 0 Å². The molecule has 0 spiro atoms. The Morgan fingerprint density at radius 1 is 1.50 bits per heavy atom. The fourth-order valence-corrected chi connectivity index (χ4v) is 0.658. The Morgan fingerprint density at radius 3 is 2.58 bits per heavy atom. The number of carbonyl (C=O) groups excluding carboxylic acids is 1. The molecule has 1 rings (SSSR count). The van der Waals surface area contributed by atoms with Gasteiger partial charge in [-0.1, -0.05) is 0 Å². The number of amides is 1. The lowest BCUT2D eigenvalue weighted by Gasteiger charge is -1.96. The molecule has 0 aliphatic carbocycles. The number of primary amides is 1. The first kappa shape index (κ1) is 13.8. The molecule has 0 aliphatic heterocycles. The summed E-state index contributed by atoms with van der Waals surface area (Å²) in [7, 11) is 0. The summed E-state index contributed by atoms with van der Waals surface area (Å²) >= 11 is 0. The fourth-order valence-electron chi connectivity index (χ4n) is 0.658. The first-order valence-electron chi connectivity index (χ1n) is 3.03. The number of carbonyl (C=O) groups is 1. The number of imidazole rings is 1. The molecule has 1 aromatic heterocycles. The summed E-state index contributed by atoms with van der Waals surface area (Å²) in [5.41, 5.74) is 4.94. The summed E-state index contributed by atoms with van der Waals surface area (Å²) < 4.78 is 1.81. The normalized spacial score (nSPS) is 8.00. The number of rotatable bonds is 3. The van der Waals surface area contributed by atoms with E-state index in [0.717, 1.165) is 0 Å². The molecule has 2 N–H and O–H groups in total. The lowest BCUT2D eigenvalue weighted by Crippen LogP contribution is -2.13. The molecule has 6 heteroatoms. The standard InChI is InChI=1S/C6H9N3O.2ClH/c7-6(10)1-3-9-4-2-8-5-9;;/h2,4-5H,1,3H2,(H2,7,10);2*1H. The Labute approximate surface area is 83.0 Å². The highest BCUT2D eigenvalue weighted by Crippen LogP contribution is 1.88. The van der Waals surface area contributed by atoms with E-state index in [4.69, 9.17) is 5.73 Å². The van der Waals surface area contributed by atoms with Crippen molar-refractivity contribution in [1.29, 1.82) is 0 Å². The lowest BCUT2D eigenvalue weighted by atomic mass is 10.4. The Balaban J connectivity index is 0. The molecule has 0 atom stereocenters. The van der Waals surface area contributed by atoms with E-state index in [1.807, 2.05) is 4.57 Å². The van der Waals surface area contributed by atoms with Crippen LogP contribution >= 0.6 is 24.8 Å². The Kier molecular flexibility index (Phi) is 7.99. The molecule has 0 fully saturated rings. The first-order valence-corrected chi connectivity index (χ1v) is 3.03. The molecular formula is C6H11Cl2N3O. The Hall–Kier alpha value is -0.740. The van der Waals surface area contributed by atoms with Gasteiger partial charge in [0.05, 0.1) is 6.33 Å². The monoisotopic (exact) mass is 211 g/mol. The molecule has 0 bridgehead atoms. The van der Waals surface area contributed by atoms with Crippen LogP contribution in [0.4, 0.5) is 0 Å². The van der Waals surface area contributed by atoms with Crippen LogP contribution < -0.4 is 5.73 Å². The van der Waals surface area contributed by atoms with Crippen LogP contribution in [0.5, 0.6) is 0 Å². The second kappa shape index (κ2) is 6.94. The number of aryl methyl sites for hydroxylation is 1. The minimum atomic E-state index is -0.284. The molecule has 1 amide bonds. The molecule has 4 nitrogen and oxygen atoms in total. The molecule has 0 saturated carbocycles. The van der Waals surface area contributed by atoms with Crippen molar-refractivity contribution in [2.45, 2.75) is 13.0 Å². The van der Waals surface area contributed by atoms with Crippen LogP contribution in [-0.2, 0) is 11.3 Å². The number of aromatic nitrogens is 2. The molecule has 0 unspecified atom stereocenters. The average Bonchev–Trinajstić information content (AvgIpc) is 2.34. The zero-order valence-electron chi connectivity index (χ0n) is 6.34. The molecular weight excluding hydrogens is 201 g/mol. The van der Waals surface area contributed by atoms with Crippen LogP contribution in [0.15, 0.2) is 18.7 Å². The topological polar surface area (TPSA) is 60.9 Å². The van der Waals surface area contributed by atoms with Gasteiger partial charge in [0.2, 0.25) is 5.91 Å². The third kappa shape index (κ3) is 4.98. The molecule has 0 radical (unpaired) electrons. The zero-order valence-corrected chi connectivity index (χ0v) is 7.98. The second-order valence-corrected chi connectivity index (χ2v) is 2.02. The van der Waals surface area contributed by atoms with Crippen LogP contribution in [0.2, 0.25) is 0 Å². The molecule has 1 aromatic rings. The van der Waals surface area contributed by atoms with E-state index in [2.05, 4.69) is 4.98 Å². The maximum Gasteiger partial charge on any atom is 0.219 e. The van der Waals surface area contributed by atoms with Gasteiger partial charge in [-0.15, -0.1) is 24.8 Å². The molecule has 0 aromatic carbocycles. The van der Waals surface area contributed by atoms with Gasteiger partial charge in [0, 0.05) is 25.4 Å². The van der Waals surface area contributed by atoms with Gasteiger partial charge in [0.1, 0.15) is 0 Å². The highest BCUT2D eigenvalue weighted by Gasteiger charge is 1.93. The number of nitrogens with zero attached hydrogens (tertiary/aromatic N) is 2. The van der Waals surface area contributed by atoms with Crippen LogP contribution in [0, 0.1) is 0 Å². The van der Waals surface area contributed by atoms with Gasteiger partial charge in [0.15, 0.2) is 0 Å². The van der Waals surface area contributed by atoms with Crippen molar-refractivity contribution in [3.8, 4) is 0 Å². The summed E-state index contributed by atoms with van der Waals surface area (Å²) in [5, 5.41) is 0. The van der Waals surface area contributed by atoms with Crippen LogP contribution in [0.1, 0.15) is 6.42 Å². The molecule has 1 heterocycles. The van der Waals surface area contributed by atoms with E-state index in [9.17, 15) is 4.79 Å². The highest BCUT2D eigenvalue weighted by molar-refractivity contribution is 5.85. The second-order valence-electron chi connectivity index (χ2n) is 2.02. The highest BCUT2D eigenvalue weighted by atomic mass is 35.5. The van der Waals surface area contributed by atoms with E-state index in [1.165, 1.54) is 0 Å². The minimum Gasteiger partial charge on any atom is -0.370 e.